The second kappa shape index (κ2) is 9.01. The van der Waals surface area contributed by atoms with Gasteiger partial charge in [-0.1, -0.05) is 48.2 Å². The number of benzene rings is 2. The largest absolute Gasteiger partial charge is 0.459 e. The Labute approximate surface area is 183 Å². The van der Waals surface area contributed by atoms with Gasteiger partial charge < -0.3 is 9.73 Å². The molecule has 1 amide bonds. The van der Waals surface area contributed by atoms with Crippen molar-refractivity contribution in [2.75, 3.05) is 11.1 Å². The summed E-state index contributed by atoms with van der Waals surface area (Å²) in [4.78, 5) is 29.8. The van der Waals surface area contributed by atoms with Gasteiger partial charge in [0.2, 0.25) is 5.91 Å². The number of furan rings is 1. The molecule has 7 nitrogen and oxygen atoms in total. The summed E-state index contributed by atoms with van der Waals surface area (Å²) in [5, 5.41) is 7.57. The number of hydrogen-bond donors (Lipinski definition) is 1. The molecule has 0 saturated heterocycles. The zero-order valence-electron chi connectivity index (χ0n) is 17.0. The van der Waals surface area contributed by atoms with Crippen LogP contribution in [0.1, 0.15) is 21.7 Å². The number of rotatable bonds is 6. The van der Waals surface area contributed by atoms with Gasteiger partial charge in [-0.05, 0) is 49.2 Å². The second-order valence-electron chi connectivity index (χ2n) is 6.99. The lowest BCUT2D eigenvalue weighted by atomic mass is 10.1. The summed E-state index contributed by atoms with van der Waals surface area (Å²) in [6, 6.07) is 18.4. The molecule has 0 bridgehead atoms. The third kappa shape index (κ3) is 4.92. The van der Waals surface area contributed by atoms with Crippen molar-refractivity contribution in [1.82, 2.24) is 14.8 Å². The summed E-state index contributed by atoms with van der Waals surface area (Å²) in [5.74, 6) is -0.0253. The van der Waals surface area contributed by atoms with Gasteiger partial charge in [-0.2, -0.15) is 4.68 Å². The highest BCUT2D eigenvalue weighted by atomic mass is 32.2. The van der Waals surface area contributed by atoms with Crippen molar-refractivity contribution in [2.45, 2.75) is 19.0 Å². The van der Waals surface area contributed by atoms with Crippen LogP contribution in [0.4, 0.5) is 5.69 Å². The standard InChI is InChI=1S/C23H20N4O3S/c1-15-11-16(2)13-18(12-15)24-20(28)14-31-23-25-21(17-7-4-3-5-8-17)26-27(23)22(29)19-9-6-10-30-19/h3-13H,14H2,1-2H3,(H,24,28). The minimum Gasteiger partial charge on any atom is -0.459 e. The Hall–Kier alpha value is -3.65. The van der Waals surface area contributed by atoms with Crippen molar-refractivity contribution in [2.24, 2.45) is 0 Å². The van der Waals surface area contributed by atoms with E-state index in [1.54, 1.807) is 12.1 Å². The Balaban J connectivity index is 1.55. The summed E-state index contributed by atoms with van der Waals surface area (Å²) in [6.45, 7) is 3.95. The molecule has 0 unspecified atom stereocenters. The number of nitrogens with one attached hydrogen (secondary N) is 1. The number of anilines is 1. The minimum atomic E-state index is -0.447. The molecule has 31 heavy (non-hydrogen) atoms. The van der Waals surface area contributed by atoms with Crippen LogP contribution < -0.4 is 5.32 Å². The van der Waals surface area contributed by atoms with Crippen molar-refractivity contribution in [3.05, 3.63) is 83.8 Å². The maximum absolute atomic E-state index is 12.8. The smallest absolute Gasteiger partial charge is 0.316 e. The van der Waals surface area contributed by atoms with Crippen LogP contribution in [0.25, 0.3) is 11.4 Å². The number of nitrogens with zero attached hydrogens (tertiary/aromatic N) is 3. The molecule has 0 radical (unpaired) electrons. The Morgan fingerprint density at radius 2 is 1.77 bits per heavy atom. The van der Waals surface area contributed by atoms with Gasteiger partial charge in [0.15, 0.2) is 16.7 Å². The number of carbonyl (C=O) groups excluding carboxylic acids is 2. The van der Waals surface area contributed by atoms with Gasteiger partial charge in [0.05, 0.1) is 12.0 Å². The van der Waals surface area contributed by atoms with Gasteiger partial charge in [0.25, 0.3) is 0 Å². The quantitative estimate of drug-likeness (QED) is 0.449. The fourth-order valence-corrected chi connectivity index (χ4v) is 3.84. The first-order valence-electron chi connectivity index (χ1n) is 9.61. The number of aryl methyl sites for hydroxylation is 2. The lowest BCUT2D eigenvalue weighted by Crippen LogP contribution is -2.17. The molecular formula is C23H20N4O3S. The number of aromatic nitrogens is 3. The summed E-state index contributed by atoms with van der Waals surface area (Å²) in [7, 11) is 0. The fraction of sp³-hybridized carbons (Fsp3) is 0.130. The summed E-state index contributed by atoms with van der Waals surface area (Å²) < 4.78 is 6.40. The highest BCUT2D eigenvalue weighted by Gasteiger charge is 2.21. The van der Waals surface area contributed by atoms with Crippen molar-refractivity contribution in [3.8, 4) is 11.4 Å². The average Bonchev–Trinajstić information content (AvgIpc) is 3.42. The fourth-order valence-electron chi connectivity index (χ4n) is 3.11. The normalized spacial score (nSPS) is 10.8. The van der Waals surface area contributed by atoms with Crippen LogP contribution in [0, 0.1) is 13.8 Å². The van der Waals surface area contributed by atoms with Gasteiger partial charge >= 0.3 is 5.91 Å². The predicted molar refractivity (Wildman–Crippen MR) is 119 cm³/mol. The van der Waals surface area contributed by atoms with Crippen molar-refractivity contribution >= 4 is 29.3 Å². The first-order valence-corrected chi connectivity index (χ1v) is 10.6. The van der Waals surface area contributed by atoms with E-state index < -0.39 is 5.91 Å². The van der Waals surface area contributed by atoms with Gasteiger partial charge in [-0.25, -0.2) is 4.98 Å². The van der Waals surface area contributed by atoms with E-state index in [9.17, 15) is 9.59 Å². The Bertz CT molecular complexity index is 1200. The third-order valence-corrected chi connectivity index (χ3v) is 5.30. The van der Waals surface area contributed by atoms with Gasteiger partial charge in [0.1, 0.15) is 0 Å². The van der Waals surface area contributed by atoms with Crippen LogP contribution in [-0.4, -0.2) is 32.3 Å². The van der Waals surface area contributed by atoms with E-state index in [-0.39, 0.29) is 17.4 Å². The monoisotopic (exact) mass is 432 g/mol. The second-order valence-corrected chi connectivity index (χ2v) is 7.93. The molecule has 4 aromatic rings. The van der Waals surface area contributed by atoms with E-state index in [2.05, 4.69) is 15.4 Å². The van der Waals surface area contributed by atoms with E-state index in [4.69, 9.17) is 4.42 Å². The lowest BCUT2D eigenvalue weighted by Gasteiger charge is -2.07. The molecule has 2 aromatic carbocycles. The van der Waals surface area contributed by atoms with E-state index in [1.807, 2.05) is 62.4 Å². The summed E-state index contributed by atoms with van der Waals surface area (Å²) in [5.41, 5.74) is 3.65. The molecule has 0 aliphatic carbocycles. The molecule has 0 fully saturated rings. The first-order chi connectivity index (χ1) is 15.0. The Morgan fingerprint density at radius 1 is 1.03 bits per heavy atom. The van der Waals surface area contributed by atoms with Crippen LogP contribution >= 0.6 is 11.8 Å². The predicted octanol–water partition coefficient (Wildman–Crippen LogP) is 4.57. The molecule has 0 saturated carbocycles. The molecule has 2 aromatic heterocycles. The molecule has 0 aliphatic heterocycles. The van der Waals surface area contributed by atoms with Crippen LogP contribution in [-0.2, 0) is 4.79 Å². The molecule has 156 valence electrons. The summed E-state index contributed by atoms with van der Waals surface area (Å²) in [6.07, 6.45) is 1.42. The minimum absolute atomic E-state index is 0.0747. The van der Waals surface area contributed by atoms with Crippen LogP contribution in [0.3, 0.4) is 0 Å². The molecule has 8 heteroatoms. The number of hydrogen-bond acceptors (Lipinski definition) is 6. The number of thioether (sulfide) groups is 1. The highest BCUT2D eigenvalue weighted by Crippen LogP contribution is 2.23. The third-order valence-electron chi connectivity index (χ3n) is 4.37. The van der Waals surface area contributed by atoms with E-state index in [1.165, 1.54) is 10.9 Å². The van der Waals surface area contributed by atoms with E-state index in [0.717, 1.165) is 34.1 Å². The molecule has 2 heterocycles. The van der Waals surface area contributed by atoms with Crippen molar-refractivity contribution in [1.29, 1.82) is 0 Å². The van der Waals surface area contributed by atoms with Gasteiger partial charge in [-0.3, -0.25) is 9.59 Å². The van der Waals surface area contributed by atoms with Gasteiger partial charge in [0, 0.05) is 11.3 Å². The molecule has 0 atom stereocenters. The molecule has 1 N–H and O–H groups in total. The zero-order chi connectivity index (χ0) is 21.8. The van der Waals surface area contributed by atoms with Crippen molar-refractivity contribution in [3.63, 3.8) is 0 Å². The number of carbonyl (C=O) groups is 2. The number of amides is 1. The lowest BCUT2D eigenvalue weighted by molar-refractivity contribution is -0.113. The molecule has 4 rings (SSSR count). The first kappa shape index (κ1) is 20.6. The maximum atomic E-state index is 12.8. The topological polar surface area (TPSA) is 90.0 Å². The van der Waals surface area contributed by atoms with Crippen LogP contribution in [0.5, 0.6) is 0 Å². The zero-order valence-corrected chi connectivity index (χ0v) is 17.8. The van der Waals surface area contributed by atoms with E-state index >= 15 is 0 Å². The SMILES string of the molecule is Cc1cc(C)cc(NC(=O)CSc2nc(-c3ccccc3)nn2C(=O)c2ccco2)c1. The van der Waals surface area contributed by atoms with Crippen LogP contribution in [0.15, 0.2) is 76.5 Å². The molecule has 0 aliphatic rings. The Kier molecular flexibility index (Phi) is 5.99. The van der Waals surface area contributed by atoms with Crippen LogP contribution in [0.2, 0.25) is 0 Å². The van der Waals surface area contributed by atoms with Gasteiger partial charge in [-0.15, -0.1) is 5.10 Å². The molecule has 0 spiro atoms. The molecular weight excluding hydrogens is 412 g/mol. The van der Waals surface area contributed by atoms with E-state index in [0.29, 0.717) is 11.0 Å². The Morgan fingerprint density at radius 3 is 2.45 bits per heavy atom. The highest BCUT2D eigenvalue weighted by molar-refractivity contribution is 7.99. The van der Waals surface area contributed by atoms with Crippen molar-refractivity contribution < 1.29 is 14.0 Å². The summed E-state index contributed by atoms with van der Waals surface area (Å²) >= 11 is 1.14. The average molecular weight is 433 g/mol. The maximum Gasteiger partial charge on any atom is 0.316 e.